The number of pyridine rings is 1. The maximum absolute atomic E-state index is 5.92. The minimum Gasteiger partial charge on any atom is -0.399 e. The molecule has 98 valence electrons. The molecular formula is C16H19N3. The topological polar surface area (TPSA) is 50.9 Å². The fraction of sp³-hybridized carbons (Fsp3) is 0.312. The molecule has 0 saturated carbocycles. The summed E-state index contributed by atoms with van der Waals surface area (Å²) < 4.78 is 0. The Kier molecular flexibility index (Phi) is 3.47. The molecule has 0 bridgehead atoms. The fourth-order valence-corrected chi connectivity index (χ4v) is 2.77. The van der Waals surface area contributed by atoms with Crippen molar-refractivity contribution >= 4 is 5.69 Å². The van der Waals surface area contributed by atoms with E-state index in [4.69, 9.17) is 5.73 Å². The highest BCUT2D eigenvalue weighted by Gasteiger charge is 2.19. The lowest BCUT2D eigenvalue weighted by atomic mass is 9.87. The number of benzene rings is 1. The number of nitrogens with two attached hydrogens (primary N) is 1. The number of nitrogens with one attached hydrogen (secondary N) is 1. The highest BCUT2D eigenvalue weighted by Crippen LogP contribution is 2.31. The number of hydrogen-bond donors (Lipinski definition) is 2. The third-order valence-electron chi connectivity index (χ3n) is 3.79. The zero-order valence-electron chi connectivity index (χ0n) is 11.0. The van der Waals surface area contributed by atoms with Crippen LogP contribution >= 0.6 is 0 Å². The van der Waals surface area contributed by atoms with Gasteiger partial charge in [0.05, 0.1) is 0 Å². The first kappa shape index (κ1) is 12.2. The summed E-state index contributed by atoms with van der Waals surface area (Å²) in [6.07, 6.45) is 7.27. The first-order chi connectivity index (χ1) is 9.33. The van der Waals surface area contributed by atoms with Gasteiger partial charge in [0.2, 0.25) is 0 Å². The van der Waals surface area contributed by atoms with Crippen LogP contribution in [-0.2, 0) is 13.0 Å². The Morgan fingerprint density at radius 2 is 2.05 bits per heavy atom. The minimum atomic E-state index is 0.417. The summed E-state index contributed by atoms with van der Waals surface area (Å²) in [6.45, 7) is 0.876. The van der Waals surface area contributed by atoms with Crippen LogP contribution in [0.15, 0.2) is 42.7 Å². The van der Waals surface area contributed by atoms with Gasteiger partial charge < -0.3 is 11.1 Å². The van der Waals surface area contributed by atoms with E-state index in [1.54, 1.807) is 0 Å². The van der Waals surface area contributed by atoms with Crippen molar-refractivity contribution in [2.45, 2.75) is 31.8 Å². The molecule has 1 unspecified atom stereocenters. The summed E-state index contributed by atoms with van der Waals surface area (Å²) in [5.41, 5.74) is 10.9. The highest BCUT2D eigenvalue weighted by molar-refractivity contribution is 5.47. The van der Waals surface area contributed by atoms with Crippen molar-refractivity contribution in [2.75, 3.05) is 5.73 Å². The van der Waals surface area contributed by atoms with Gasteiger partial charge in [-0.2, -0.15) is 0 Å². The van der Waals surface area contributed by atoms with Gasteiger partial charge in [-0.1, -0.05) is 6.07 Å². The Balaban J connectivity index is 1.75. The highest BCUT2D eigenvalue weighted by atomic mass is 14.9. The van der Waals surface area contributed by atoms with Gasteiger partial charge in [0.1, 0.15) is 0 Å². The second-order valence-corrected chi connectivity index (χ2v) is 5.14. The molecule has 3 heteroatoms. The molecule has 3 N–H and O–H groups in total. The van der Waals surface area contributed by atoms with E-state index in [9.17, 15) is 0 Å². The largest absolute Gasteiger partial charge is 0.399 e. The van der Waals surface area contributed by atoms with Gasteiger partial charge in [-0.3, -0.25) is 4.98 Å². The lowest BCUT2D eigenvalue weighted by Gasteiger charge is -2.27. The van der Waals surface area contributed by atoms with Crippen molar-refractivity contribution < 1.29 is 0 Å². The molecule has 19 heavy (non-hydrogen) atoms. The molecule has 2 aromatic rings. The Morgan fingerprint density at radius 3 is 2.89 bits per heavy atom. The van der Waals surface area contributed by atoms with Crippen molar-refractivity contribution in [3.05, 3.63) is 59.4 Å². The summed E-state index contributed by atoms with van der Waals surface area (Å²) in [4.78, 5) is 4.04. The van der Waals surface area contributed by atoms with E-state index < -0.39 is 0 Å². The lowest BCUT2D eigenvalue weighted by Crippen LogP contribution is -2.25. The van der Waals surface area contributed by atoms with Gasteiger partial charge in [0, 0.05) is 30.7 Å². The molecule has 0 fully saturated rings. The van der Waals surface area contributed by atoms with E-state index >= 15 is 0 Å². The Labute approximate surface area is 113 Å². The van der Waals surface area contributed by atoms with Crippen LogP contribution in [0.5, 0.6) is 0 Å². The first-order valence-corrected chi connectivity index (χ1v) is 6.83. The molecule has 1 aliphatic rings. The molecule has 0 amide bonds. The van der Waals surface area contributed by atoms with Gasteiger partial charge in [-0.15, -0.1) is 0 Å². The maximum atomic E-state index is 5.92. The molecular weight excluding hydrogens is 234 g/mol. The minimum absolute atomic E-state index is 0.417. The maximum Gasteiger partial charge on any atom is 0.0326 e. The molecule has 1 heterocycles. The quantitative estimate of drug-likeness (QED) is 0.827. The molecule has 1 aromatic carbocycles. The van der Waals surface area contributed by atoms with Crippen LogP contribution in [-0.4, -0.2) is 4.98 Å². The van der Waals surface area contributed by atoms with Crippen molar-refractivity contribution in [3.8, 4) is 0 Å². The number of rotatable bonds is 3. The smallest absolute Gasteiger partial charge is 0.0326 e. The SMILES string of the molecule is Nc1ccc2c(c1)C(NCc1ccncc1)CCC2. The van der Waals surface area contributed by atoms with Gasteiger partial charge in [0.15, 0.2) is 0 Å². The van der Waals surface area contributed by atoms with Crippen molar-refractivity contribution in [1.29, 1.82) is 0 Å². The fourth-order valence-electron chi connectivity index (χ4n) is 2.77. The number of aromatic nitrogens is 1. The number of fused-ring (bicyclic) bond motifs is 1. The van der Waals surface area contributed by atoms with Crippen LogP contribution in [0.25, 0.3) is 0 Å². The molecule has 0 aliphatic heterocycles. The van der Waals surface area contributed by atoms with Gasteiger partial charge in [-0.05, 0) is 60.2 Å². The van der Waals surface area contributed by atoms with E-state index in [1.165, 1.54) is 36.0 Å². The average Bonchev–Trinajstić information content (AvgIpc) is 2.46. The number of nitrogens with zero attached hydrogens (tertiary/aromatic N) is 1. The molecule has 1 aromatic heterocycles. The molecule has 0 radical (unpaired) electrons. The third-order valence-corrected chi connectivity index (χ3v) is 3.79. The lowest BCUT2D eigenvalue weighted by molar-refractivity contribution is 0.459. The number of hydrogen-bond acceptors (Lipinski definition) is 3. The first-order valence-electron chi connectivity index (χ1n) is 6.83. The average molecular weight is 253 g/mol. The number of anilines is 1. The molecule has 3 nitrogen and oxygen atoms in total. The van der Waals surface area contributed by atoms with E-state index in [-0.39, 0.29) is 0 Å². The van der Waals surface area contributed by atoms with E-state index in [0.29, 0.717) is 6.04 Å². The van der Waals surface area contributed by atoms with Crippen LogP contribution in [0.3, 0.4) is 0 Å². The second kappa shape index (κ2) is 5.41. The molecule has 3 rings (SSSR count). The van der Waals surface area contributed by atoms with Gasteiger partial charge in [-0.25, -0.2) is 0 Å². The van der Waals surface area contributed by atoms with Gasteiger partial charge >= 0.3 is 0 Å². The van der Waals surface area contributed by atoms with Crippen LogP contribution in [0.4, 0.5) is 5.69 Å². The van der Waals surface area contributed by atoms with Crippen LogP contribution in [0, 0.1) is 0 Å². The molecule has 1 atom stereocenters. The predicted octanol–water partition coefficient (Wildman–Crippen LogP) is 2.83. The van der Waals surface area contributed by atoms with Crippen LogP contribution < -0.4 is 11.1 Å². The summed E-state index contributed by atoms with van der Waals surface area (Å²) >= 11 is 0. The standard InChI is InChI=1S/C16H19N3/c17-14-5-4-13-2-1-3-16(15(13)10-14)19-11-12-6-8-18-9-7-12/h4-10,16,19H,1-3,11,17H2. The Morgan fingerprint density at radius 1 is 1.21 bits per heavy atom. The summed E-state index contributed by atoms with van der Waals surface area (Å²) in [6, 6.07) is 10.8. The molecule has 0 spiro atoms. The molecule has 1 aliphatic carbocycles. The third kappa shape index (κ3) is 2.76. The number of nitrogen functional groups attached to an aromatic ring is 1. The van der Waals surface area contributed by atoms with E-state index in [1.807, 2.05) is 18.5 Å². The molecule has 0 saturated heterocycles. The zero-order chi connectivity index (χ0) is 13.1. The summed E-state index contributed by atoms with van der Waals surface area (Å²) in [7, 11) is 0. The van der Waals surface area contributed by atoms with E-state index in [2.05, 4.69) is 34.6 Å². The predicted molar refractivity (Wildman–Crippen MR) is 77.6 cm³/mol. The van der Waals surface area contributed by atoms with Gasteiger partial charge in [0.25, 0.3) is 0 Å². The normalized spacial score (nSPS) is 18.0. The van der Waals surface area contributed by atoms with Crippen molar-refractivity contribution in [1.82, 2.24) is 10.3 Å². The summed E-state index contributed by atoms with van der Waals surface area (Å²) in [5, 5.41) is 3.64. The number of aryl methyl sites for hydroxylation is 1. The van der Waals surface area contributed by atoms with E-state index in [0.717, 1.165) is 12.2 Å². The monoisotopic (exact) mass is 253 g/mol. The Bertz CT molecular complexity index is 551. The zero-order valence-corrected chi connectivity index (χ0v) is 11.0. The Hall–Kier alpha value is -1.87. The second-order valence-electron chi connectivity index (χ2n) is 5.14. The summed E-state index contributed by atoms with van der Waals surface area (Å²) in [5.74, 6) is 0. The van der Waals surface area contributed by atoms with Crippen LogP contribution in [0.2, 0.25) is 0 Å². The van der Waals surface area contributed by atoms with Crippen LogP contribution in [0.1, 0.15) is 35.6 Å². The van der Waals surface area contributed by atoms with Crippen molar-refractivity contribution in [2.24, 2.45) is 0 Å². The van der Waals surface area contributed by atoms with Crippen molar-refractivity contribution in [3.63, 3.8) is 0 Å².